The van der Waals surface area contributed by atoms with Gasteiger partial charge in [-0.05, 0) is 12.1 Å². The second kappa shape index (κ2) is 3.39. The quantitative estimate of drug-likeness (QED) is 0.629. The molecule has 66 valence electrons. The Bertz CT molecular complexity index is 321. The van der Waals surface area contributed by atoms with Crippen LogP contribution in [0, 0.1) is 0 Å². The van der Waals surface area contributed by atoms with Crippen molar-refractivity contribution in [1.82, 2.24) is 0 Å². The summed E-state index contributed by atoms with van der Waals surface area (Å²) in [5.41, 5.74) is 1.01. The molecule has 0 aromatic heterocycles. The number of rotatable bonds is 2. The largest absolute Gasteiger partial charge is 0.321 e. The number of carbonyl (C=O) groups excluding carboxylic acids is 1. The van der Waals surface area contributed by atoms with Crippen LogP contribution in [0.25, 0.3) is 0 Å². The summed E-state index contributed by atoms with van der Waals surface area (Å²) in [6, 6.07) is 9.66. The van der Waals surface area contributed by atoms with Crippen molar-refractivity contribution in [2.24, 2.45) is 4.99 Å². The Kier molecular flexibility index (Phi) is 2.08. The van der Waals surface area contributed by atoms with Gasteiger partial charge in [0.1, 0.15) is 12.3 Å². The van der Waals surface area contributed by atoms with Crippen LogP contribution >= 0.6 is 0 Å². The van der Waals surface area contributed by atoms with Gasteiger partial charge in [0.15, 0.2) is 0 Å². The molecule has 1 aliphatic rings. The molecule has 0 saturated carbocycles. The van der Waals surface area contributed by atoms with Gasteiger partial charge < -0.3 is 9.69 Å². The monoisotopic (exact) mass is 174 g/mol. The molecule has 3 nitrogen and oxygen atoms in total. The van der Waals surface area contributed by atoms with Crippen molar-refractivity contribution in [3.05, 3.63) is 30.3 Å². The third kappa shape index (κ3) is 1.45. The van der Waals surface area contributed by atoms with Gasteiger partial charge in [0.2, 0.25) is 0 Å². The van der Waals surface area contributed by atoms with Crippen LogP contribution in [0.3, 0.4) is 0 Å². The van der Waals surface area contributed by atoms with E-state index in [0.29, 0.717) is 6.54 Å². The van der Waals surface area contributed by atoms with E-state index in [1.165, 1.54) is 0 Å². The predicted octanol–water partition coefficient (Wildman–Crippen LogP) is 1.10. The molecule has 0 saturated heterocycles. The lowest BCUT2D eigenvalue weighted by Gasteiger charge is -2.18. The summed E-state index contributed by atoms with van der Waals surface area (Å²) in [5.74, 6) is 0. The van der Waals surface area contributed by atoms with Crippen molar-refractivity contribution in [3.63, 3.8) is 0 Å². The number of anilines is 1. The van der Waals surface area contributed by atoms with Gasteiger partial charge in [-0.15, -0.1) is 0 Å². The van der Waals surface area contributed by atoms with E-state index in [2.05, 4.69) is 4.99 Å². The standard InChI is InChI=1S/C10H10N2O/c13-7-10-6-11-8-12(10)9-4-2-1-3-5-9/h1-5,7-8,10H,6H2. The zero-order chi connectivity index (χ0) is 9.10. The van der Waals surface area contributed by atoms with Gasteiger partial charge >= 0.3 is 0 Å². The lowest BCUT2D eigenvalue weighted by atomic mass is 10.2. The fourth-order valence-corrected chi connectivity index (χ4v) is 1.38. The summed E-state index contributed by atoms with van der Waals surface area (Å²) in [5, 5.41) is 0. The topological polar surface area (TPSA) is 32.7 Å². The van der Waals surface area contributed by atoms with Crippen LogP contribution in [0.15, 0.2) is 35.3 Å². The van der Waals surface area contributed by atoms with E-state index in [-0.39, 0.29) is 6.04 Å². The van der Waals surface area contributed by atoms with E-state index in [1.54, 1.807) is 6.34 Å². The van der Waals surface area contributed by atoms with Gasteiger partial charge in [-0.3, -0.25) is 4.99 Å². The number of carbonyl (C=O) groups is 1. The number of aliphatic imine (C=N–C) groups is 1. The second-order valence-corrected chi connectivity index (χ2v) is 2.93. The molecule has 0 radical (unpaired) electrons. The average Bonchev–Trinajstić information content (AvgIpc) is 2.67. The molecule has 0 spiro atoms. The smallest absolute Gasteiger partial charge is 0.144 e. The maximum atomic E-state index is 10.7. The van der Waals surface area contributed by atoms with Crippen LogP contribution < -0.4 is 4.90 Å². The normalized spacial score (nSPS) is 20.6. The Hall–Kier alpha value is -1.64. The zero-order valence-corrected chi connectivity index (χ0v) is 7.13. The van der Waals surface area contributed by atoms with E-state index >= 15 is 0 Å². The van der Waals surface area contributed by atoms with Gasteiger partial charge in [-0.25, -0.2) is 0 Å². The molecule has 0 aliphatic carbocycles. The fraction of sp³-hybridized carbons (Fsp3) is 0.200. The highest BCUT2D eigenvalue weighted by molar-refractivity contribution is 5.88. The van der Waals surface area contributed by atoms with Crippen molar-refractivity contribution in [1.29, 1.82) is 0 Å². The molecule has 0 fully saturated rings. The van der Waals surface area contributed by atoms with Gasteiger partial charge in [-0.1, -0.05) is 18.2 Å². The first-order chi connectivity index (χ1) is 6.42. The van der Waals surface area contributed by atoms with Crippen LogP contribution in [0.5, 0.6) is 0 Å². The van der Waals surface area contributed by atoms with Crippen LogP contribution in [0.4, 0.5) is 5.69 Å². The van der Waals surface area contributed by atoms with E-state index in [4.69, 9.17) is 0 Å². The zero-order valence-electron chi connectivity index (χ0n) is 7.13. The number of hydrogen-bond acceptors (Lipinski definition) is 3. The highest BCUT2D eigenvalue weighted by Gasteiger charge is 2.20. The van der Waals surface area contributed by atoms with Gasteiger partial charge in [0, 0.05) is 5.69 Å². The molecule has 2 rings (SSSR count). The van der Waals surface area contributed by atoms with Crippen molar-refractivity contribution in [2.45, 2.75) is 6.04 Å². The minimum Gasteiger partial charge on any atom is -0.321 e. The first kappa shape index (κ1) is 7.98. The number of hydrogen-bond donors (Lipinski definition) is 0. The number of para-hydroxylation sites is 1. The average molecular weight is 174 g/mol. The van der Waals surface area contributed by atoms with E-state index in [0.717, 1.165) is 12.0 Å². The summed E-state index contributed by atoms with van der Waals surface area (Å²) in [4.78, 5) is 16.6. The summed E-state index contributed by atoms with van der Waals surface area (Å²) >= 11 is 0. The number of aldehydes is 1. The summed E-state index contributed by atoms with van der Waals surface area (Å²) in [6.45, 7) is 0.568. The van der Waals surface area contributed by atoms with Gasteiger partial charge in [0.05, 0.1) is 12.9 Å². The molecular weight excluding hydrogens is 164 g/mol. The van der Waals surface area contributed by atoms with Crippen LogP contribution in [0.2, 0.25) is 0 Å². The molecule has 1 aromatic rings. The molecule has 1 heterocycles. The lowest BCUT2D eigenvalue weighted by molar-refractivity contribution is -0.108. The molecular formula is C10H10N2O. The van der Waals surface area contributed by atoms with E-state index in [9.17, 15) is 4.79 Å². The van der Waals surface area contributed by atoms with E-state index in [1.807, 2.05) is 35.2 Å². The molecule has 3 heteroatoms. The maximum absolute atomic E-state index is 10.7. The molecule has 1 aliphatic heterocycles. The van der Waals surface area contributed by atoms with Crippen molar-refractivity contribution >= 4 is 18.3 Å². The minimum atomic E-state index is -0.123. The highest BCUT2D eigenvalue weighted by Crippen LogP contribution is 2.16. The lowest BCUT2D eigenvalue weighted by Crippen LogP contribution is -2.32. The Morgan fingerprint density at radius 3 is 2.85 bits per heavy atom. The first-order valence-electron chi connectivity index (χ1n) is 4.20. The molecule has 0 bridgehead atoms. The van der Waals surface area contributed by atoms with Crippen LogP contribution in [-0.2, 0) is 4.79 Å². The van der Waals surface area contributed by atoms with Gasteiger partial charge in [-0.2, -0.15) is 0 Å². The first-order valence-corrected chi connectivity index (χ1v) is 4.20. The minimum absolute atomic E-state index is 0.123. The Balaban J connectivity index is 2.26. The van der Waals surface area contributed by atoms with Crippen molar-refractivity contribution in [3.8, 4) is 0 Å². The molecule has 1 atom stereocenters. The van der Waals surface area contributed by atoms with E-state index < -0.39 is 0 Å². The molecule has 13 heavy (non-hydrogen) atoms. The second-order valence-electron chi connectivity index (χ2n) is 2.93. The number of nitrogens with zero attached hydrogens (tertiary/aromatic N) is 2. The Labute approximate surface area is 76.7 Å². The van der Waals surface area contributed by atoms with Crippen molar-refractivity contribution in [2.75, 3.05) is 11.4 Å². The van der Waals surface area contributed by atoms with Crippen LogP contribution in [0.1, 0.15) is 0 Å². The number of benzene rings is 1. The fourth-order valence-electron chi connectivity index (χ4n) is 1.38. The SMILES string of the molecule is O=CC1CN=CN1c1ccccc1. The van der Waals surface area contributed by atoms with Crippen LogP contribution in [-0.4, -0.2) is 25.2 Å². The Morgan fingerprint density at radius 2 is 2.15 bits per heavy atom. The maximum Gasteiger partial charge on any atom is 0.144 e. The predicted molar refractivity (Wildman–Crippen MR) is 52.1 cm³/mol. The third-order valence-electron chi connectivity index (χ3n) is 2.07. The summed E-state index contributed by atoms with van der Waals surface area (Å²) < 4.78 is 0. The molecule has 0 amide bonds. The molecule has 1 aromatic carbocycles. The third-order valence-corrected chi connectivity index (χ3v) is 2.07. The summed E-state index contributed by atoms with van der Waals surface area (Å²) in [7, 11) is 0. The highest BCUT2D eigenvalue weighted by atomic mass is 16.1. The van der Waals surface area contributed by atoms with Gasteiger partial charge in [0.25, 0.3) is 0 Å². The summed E-state index contributed by atoms with van der Waals surface area (Å²) in [6.07, 6.45) is 2.65. The molecule has 1 unspecified atom stereocenters. The van der Waals surface area contributed by atoms with Crippen molar-refractivity contribution < 1.29 is 4.79 Å². The Morgan fingerprint density at radius 1 is 1.38 bits per heavy atom. The molecule has 0 N–H and O–H groups in total.